The Labute approximate surface area is 294 Å². The van der Waals surface area contributed by atoms with E-state index in [1.807, 2.05) is 76.6 Å². The van der Waals surface area contributed by atoms with E-state index >= 15 is 0 Å². The lowest BCUT2D eigenvalue weighted by molar-refractivity contribution is -0.212. The summed E-state index contributed by atoms with van der Waals surface area (Å²) in [6.07, 6.45) is 5.76. The number of fused-ring (bicyclic) bond motifs is 1. The number of phenolic OH excluding ortho intramolecular Hbond substituents is 1. The molecule has 4 aromatic carbocycles. The van der Waals surface area contributed by atoms with Gasteiger partial charge in [0.25, 0.3) is 0 Å². The van der Waals surface area contributed by atoms with Gasteiger partial charge in [-0.2, -0.15) is 0 Å². The molecule has 3 aliphatic heterocycles. The summed E-state index contributed by atoms with van der Waals surface area (Å²) in [5.74, 6) is 2.63. The van der Waals surface area contributed by atoms with Crippen molar-refractivity contribution in [1.29, 1.82) is 0 Å². The van der Waals surface area contributed by atoms with Crippen LogP contribution in [0.3, 0.4) is 0 Å². The number of nitrogens with one attached hydrogen (secondary N) is 1. The fraction of sp³-hybridized carbons (Fsp3) is 0.317. The first-order valence-electron chi connectivity index (χ1n) is 17.3. The van der Waals surface area contributed by atoms with Gasteiger partial charge in [0.1, 0.15) is 18.0 Å². The van der Waals surface area contributed by atoms with Crippen LogP contribution in [-0.4, -0.2) is 100 Å². The van der Waals surface area contributed by atoms with Gasteiger partial charge < -0.3 is 25.0 Å². The molecule has 9 heteroatoms. The zero-order chi connectivity index (χ0) is 34.5. The third-order valence-corrected chi connectivity index (χ3v) is 10.1. The Kier molecular flexibility index (Phi) is 10.2. The molecule has 50 heavy (non-hydrogen) atoms. The topological polar surface area (TPSA) is 88.6 Å². The van der Waals surface area contributed by atoms with Gasteiger partial charge in [-0.3, -0.25) is 9.59 Å². The highest BCUT2D eigenvalue weighted by Gasteiger charge is 2.53. The first kappa shape index (κ1) is 33.5. The van der Waals surface area contributed by atoms with Crippen LogP contribution in [0.2, 0.25) is 0 Å². The van der Waals surface area contributed by atoms with Crippen LogP contribution >= 0.6 is 0 Å². The molecule has 3 aliphatic rings. The van der Waals surface area contributed by atoms with Crippen LogP contribution < -0.4 is 5.32 Å². The molecule has 2 amide bonds. The maximum atomic E-state index is 14.7. The average molecular weight is 670 g/mol. The van der Waals surface area contributed by atoms with E-state index in [0.29, 0.717) is 39.3 Å². The maximum absolute atomic E-state index is 14.7. The number of rotatable bonds is 11. The van der Waals surface area contributed by atoms with E-state index in [2.05, 4.69) is 52.6 Å². The lowest BCUT2D eigenvalue weighted by Gasteiger charge is -2.57. The van der Waals surface area contributed by atoms with E-state index < -0.39 is 12.2 Å². The summed E-state index contributed by atoms with van der Waals surface area (Å²) in [5, 5.41) is 17.9. The van der Waals surface area contributed by atoms with Crippen LogP contribution in [0.1, 0.15) is 28.2 Å². The molecule has 256 valence electrons. The van der Waals surface area contributed by atoms with Crippen molar-refractivity contribution in [1.82, 2.24) is 25.1 Å². The predicted molar refractivity (Wildman–Crippen MR) is 191 cm³/mol. The van der Waals surface area contributed by atoms with Crippen molar-refractivity contribution >= 4 is 11.8 Å². The first-order chi connectivity index (χ1) is 24.5. The van der Waals surface area contributed by atoms with E-state index in [0.717, 1.165) is 16.7 Å². The monoisotopic (exact) mass is 669 g/mol. The second-order valence-corrected chi connectivity index (χ2v) is 13.3. The fourth-order valence-corrected chi connectivity index (χ4v) is 7.69. The Morgan fingerprint density at radius 2 is 1.48 bits per heavy atom. The number of terminal acetylenes is 1. The highest BCUT2D eigenvalue weighted by molar-refractivity contribution is 5.90. The van der Waals surface area contributed by atoms with E-state index in [-0.39, 0.29) is 48.7 Å². The largest absolute Gasteiger partial charge is 0.508 e. The number of nitrogens with zero attached hydrogens (tertiary/aromatic N) is 4. The summed E-state index contributed by atoms with van der Waals surface area (Å²) in [4.78, 5) is 32.6. The van der Waals surface area contributed by atoms with Gasteiger partial charge in [0.2, 0.25) is 11.8 Å². The van der Waals surface area contributed by atoms with Crippen LogP contribution in [0.15, 0.2) is 115 Å². The quantitative estimate of drug-likeness (QED) is 0.235. The molecule has 4 aromatic rings. The first-order valence-corrected chi connectivity index (χ1v) is 17.3. The van der Waals surface area contributed by atoms with E-state index in [4.69, 9.17) is 11.2 Å². The Morgan fingerprint density at radius 1 is 0.840 bits per heavy atom. The minimum absolute atomic E-state index is 0.0338. The molecule has 3 fully saturated rings. The van der Waals surface area contributed by atoms with Crippen LogP contribution in [0.4, 0.5) is 0 Å². The van der Waals surface area contributed by atoms with E-state index in [9.17, 15) is 14.7 Å². The number of hydrogen-bond donors (Lipinski definition) is 2. The van der Waals surface area contributed by atoms with Gasteiger partial charge in [-0.05, 0) is 34.4 Å². The average Bonchev–Trinajstić information content (AvgIpc) is 3.61. The number of hydrazine groups is 1. The number of aromatic hydroxyl groups is 1. The Morgan fingerprint density at radius 3 is 2.12 bits per heavy atom. The van der Waals surface area contributed by atoms with Crippen molar-refractivity contribution in [2.24, 2.45) is 0 Å². The van der Waals surface area contributed by atoms with Crippen molar-refractivity contribution in [3.05, 3.63) is 138 Å². The molecule has 0 aliphatic carbocycles. The van der Waals surface area contributed by atoms with E-state index in [1.54, 1.807) is 17.0 Å². The van der Waals surface area contributed by atoms with Crippen molar-refractivity contribution in [2.75, 3.05) is 39.4 Å². The number of hydrogen-bond acceptors (Lipinski definition) is 7. The molecule has 2 N–H and O–H groups in total. The number of amides is 2. The molecule has 0 radical (unpaired) electrons. The van der Waals surface area contributed by atoms with Crippen molar-refractivity contribution in [2.45, 2.75) is 43.2 Å². The molecule has 4 atom stereocenters. The van der Waals surface area contributed by atoms with Gasteiger partial charge in [0.05, 0.1) is 38.9 Å². The summed E-state index contributed by atoms with van der Waals surface area (Å²) < 4.78 is 6.12. The predicted octanol–water partition coefficient (Wildman–Crippen LogP) is 3.86. The maximum Gasteiger partial charge on any atom is 0.245 e. The molecular formula is C41H43N5O4. The number of piperazine rings is 1. The van der Waals surface area contributed by atoms with Gasteiger partial charge in [-0.15, -0.1) is 6.42 Å². The summed E-state index contributed by atoms with van der Waals surface area (Å²) >= 11 is 0. The fourth-order valence-electron chi connectivity index (χ4n) is 7.69. The summed E-state index contributed by atoms with van der Waals surface area (Å²) in [6.45, 7) is 2.73. The van der Waals surface area contributed by atoms with Gasteiger partial charge >= 0.3 is 0 Å². The minimum Gasteiger partial charge on any atom is -0.508 e. The Hall–Kier alpha value is -4.98. The number of benzene rings is 4. The summed E-state index contributed by atoms with van der Waals surface area (Å²) in [5.41, 5.74) is 4.26. The normalized spacial score (nSPS) is 22.9. The smallest absolute Gasteiger partial charge is 0.245 e. The van der Waals surface area contributed by atoms with Crippen LogP contribution in [-0.2, 0) is 27.3 Å². The summed E-state index contributed by atoms with van der Waals surface area (Å²) in [7, 11) is 0. The van der Waals surface area contributed by atoms with Gasteiger partial charge in [-0.1, -0.05) is 109 Å². The second kappa shape index (κ2) is 15.3. The highest BCUT2D eigenvalue weighted by atomic mass is 16.5. The van der Waals surface area contributed by atoms with Crippen molar-refractivity contribution in [3.8, 4) is 18.1 Å². The minimum atomic E-state index is -0.744. The highest BCUT2D eigenvalue weighted by Crippen LogP contribution is 2.34. The molecule has 2 unspecified atom stereocenters. The number of ether oxygens (including phenoxy) is 1. The third kappa shape index (κ3) is 7.16. The molecule has 9 nitrogen and oxygen atoms in total. The number of carbonyl (C=O) groups is 2. The molecule has 3 heterocycles. The summed E-state index contributed by atoms with van der Waals surface area (Å²) in [6, 6.07) is 36.8. The molecule has 0 saturated carbocycles. The van der Waals surface area contributed by atoms with E-state index in [1.165, 1.54) is 5.56 Å². The zero-order valence-corrected chi connectivity index (χ0v) is 28.1. The van der Waals surface area contributed by atoms with Crippen LogP contribution in [0.5, 0.6) is 5.75 Å². The van der Waals surface area contributed by atoms with Gasteiger partial charge in [-0.25, -0.2) is 10.0 Å². The Balaban J connectivity index is 1.26. The van der Waals surface area contributed by atoms with Gasteiger partial charge in [0.15, 0.2) is 0 Å². The van der Waals surface area contributed by atoms with Crippen LogP contribution in [0, 0.1) is 12.3 Å². The standard InChI is InChI=1S/C41H43N5O4/c1-2-22-44-27-40(48)45-37(23-30-18-20-34(47)21-19-30)41(49)43(25-35(32-14-8-4-9-15-32)33-16-10-5-11-17-33)26-39(45)46(44)38-29-50-28-36(38)42-24-31-12-6-3-7-13-31/h1,3-21,35-39,42,47H,22-29H2/t36?,37-,38?,39-/m0/s1. The lowest BCUT2D eigenvalue weighted by Crippen LogP contribution is -2.77. The molecule has 3 saturated heterocycles. The third-order valence-electron chi connectivity index (χ3n) is 10.1. The molecule has 0 bridgehead atoms. The molecule has 0 aromatic heterocycles. The molecular weight excluding hydrogens is 626 g/mol. The van der Waals surface area contributed by atoms with Crippen molar-refractivity contribution in [3.63, 3.8) is 0 Å². The molecule has 7 rings (SSSR count). The lowest BCUT2D eigenvalue weighted by atomic mass is 9.89. The number of carbonyl (C=O) groups excluding carboxylic acids is 2. The second-order valence-electron chi connectivity index (χ2n) is 13.3. The molecule has 0 spiro atoms. The SMILES string of the molecule is C#CCN1CC(=O)N2[C@@H](Cc3ccc(O)cc3)C(=O)N(CC(c3ccccc3)c3ccccc3)C[C@@H]2N1C1COCC1NCc1ccccc1. The Bertz CT molecular complexity index is 1740. The number of phenols is 1. The van der Waals surface area contributed by atoms with Gasteiger partial charge in [0, 0.05) is 31.5 Å². The van der Waals surface area contributed by atoms with Crippen LogP contribution in [0.25, 0.3) is 0 Å². The zero-order valence-electron chi connectivity index (χ0n) is 28.1. The van der Waals surface area contributed by atoms with Crippen molar-refractivity contribution < 1.29 is 19.4 Å².